The molecule has 170 valence electrons. The molecule has 32 heavy (non-hydrogen) atoms. The highest BCUT2D eigenvalue weighted by Crippen LogP contribution is 2.18. The maximum absolute atomic E-state index is 12.5. The summed E-state index contributed by atoms with van der Waals surface area (Å²) in [6.45, 7) is 9.49. The lowest BCUT2D eigenvalue weighted by Crippen LogP contribution is -2.54. The van der Waals surface area contributed by atoms with E-state index in [0.717, 1.165) is 75.9 Å². The fourth-order valence-corrected chi connectivity index (χ4v) is 4.33. The minimum atomic E-state index is 0.282. The van der Waals surface area contributed by atoms with E-state index in [1.807, 2.05) is 29.3 Å². The molecule has 0 atom stereocenters. The number of pyridine rings is 1. The minimum Gasteiger partial charge on any atom is -0.357 e. The van der Waals surface area contributed by atoms with Crippen LogP contribution in [0.15, 0.2) is 53.7 Å². The van der Waals surface area contributed by atoms with Crippen LogP contribution >= 0.6 is 0 Å². The van der Waals surface area contributed by atoms with Crippen LogP contribution in [0.4, 0.5) is 0 Å². The standard InChI is InChI=1S/C25H34N6O/c1-2-26-25(28-19-21-8-7-9-22(18-21)23-10-3-4-11-27-23)31-16-14-29(15-17-31)20-24(32)30-12-5-6-13-30/h3-4,7-11,18H,2,5-6,12-17,19-20H2,1H3,(H,26,28). The van der Waals surface area contributed by atoms with E-state index in [1.54, 1.807) is 0 Å². The van der Waals surface area contributed by atoms with E-state index in [-0.39, 0.29) is 5.91 Å². The summed E-state index contributed by atoms with van der Waals surface area (Å²) in [5.74, 6) is 1.23. The van der Waals surface area contributed by atoms with Crippen molar-refractivity contribution >= 4 is 11.9 Å². The van der Waals surface area contributed by atoms with Crippen molar-refractivity contribution in [1.82, 2.24) is 25.0 Å². The molecule has 4 rings (SSSR count). The van der Waals surface area contributed by atoms with E-state index in [2.05, 4.69) is 51.3 Å². The Morgan fingerprint density at radius 3 is 2.53 bits per heavy atom. The molecule has 1 aromatic heterocycles. The average Bonchev–Trinajstić information content (AvgIpc) is 3.38. The van der Waals surface area contributed by atoms with Crippen LogP contribution < -0.4 is 5.32 Å². The number of carbonyl (C=O) groups is 1. The third-order valence-corrected chi connectivity index (χ3v) is 6.12. The number of aliphatic imine (C=N–C) groups is 1. The molecule has 2 aromatic rings. The summed E-state index contributed by atoms with van der Waals surface area (Å²) in [4.78, 5) is 28.4. The quantitative estimate of drug-likeness (QED) is 0.559. The van der Waals surface area contributed by atoms with Gasteiger partial charge in [0.1, 0.15) is 0 Å². The Balaban J connectivity index is 1.34. The Labute approximate surface area is 191 Å². The zero-order valence-corrected chi connectivity index (χ0v) is 19.0. The molecular weight excluding hydrogens is 400 g/mol. The highest BCUT2D eigenvalue weighted by Gasteiger charge is 2.24. The number of aromatic nitrogens is 1. The maximum Gasteiger partial charge on any atom is 0.236 e. The van der Waals surface area contributed by atoms with Crippen molar-refractivity contribution in [2.45, 2.75) is 26.3 Å². The predicted molar refractivity (Wildman–Crippen MR) is 128 cm³/mol. The van der Waals surface area contributed by atoms with E-state index in [0.29, 0.717) is 13.1 Å². The number of benzene rings is 1. The Hall–Kier alpha value is -2.93. The lowest BCUT2D eigenvalue weighted by Gasteiger charge is -2.36. The summed E-state index contributed by atoms with van der Waals surface area (Å²) in [6.07, 6.45) is 4.11. The van der Waals surface area contributed by atoms with Crippen LogP contribution in [-0.2, 0) is 11.3 Å². The van der Waals surface area contributed by atoms with Crippen LogP contribution in [0.3, 0.4) is 0 Å². The van der Waals surface area contributed by atoms with Crippen molar-refractivity contribution in [3.8, 4) is 11.3 Å². The first-order valence-electron chi connectivity index (χ1n) is 11.8. The fourth-order valence-electron chi connectivity index (χ4n) is 4.33. The summed E-state index contributed by atoms with van der Waals surface area (Å²) in [6, 6.07) is 14.4. The maximum atomic E-state index is 12.5. The van der Waals surface area contributed by atoms with Gasteiger partial charge in [-0.25, -0.2) is 4.99 Å². The molecule has 0 bridgehead atoms. The van der Waals surface area contributed by atoms with Crippen molar-refractivity contribution in [2.75, 3.05) is 52.4 Å². The number of hydrogen-bond acceptors (Lipinski definition) is 4. The third-order valence-electron chi connectivity index (χ3n) is 6.12. The fraction of sp³-hybridized carbons (Fsp3) is 0.480. The highest BCUT2D eigenvalue weighted by molar-refractivity contribution is 5.80. The second kappa shape index (κ2) is 11.1. The predicted octanol–water partition coefficient (Wildman–Crippen LogP) is 2.45. The van der Waals surface area contributed by atoms with Crippen molar-refractivity contribution in [2.24, 2.45) is 4.99 Å². The van der Waals surface area contributed by atoms with Crippen LogP contribution in [0.2, 0.25) is 0 Å². The summed E-state index contributed by atoms with van der Waals surface area (Å²) < 4.78 is 0. The second-order valence-corrected chi connectivity index (χ2v) is 8.44. The van der Waals surface area contributed by atoms with E-state index in [4.69, 9.17) is 4.99 Å². The normalized spacial score (nSPS) is 17.6. The number of nitrogens with one attached hydrogen (secondary N) is 1. The van der Waals surface area contributed by atoms with Gasteiger partial charge in [-0.3, -0.25) is 14.7 Å². The number of nitrogens with zero attached hydrogens (tertiary/aromatic N) is 5. The summed E-state index contributed by atoms with van der Waals surface area (Å²) in [5.41, 5.74) is 3.25. The molecule has 3 heterocycles. The van der Waals surface area contributed by atoms with Gasteiger partial charge in [0.15, 0.2) is 5.96 Å². The highest BCUT2D eigenvalue weighted by atomic mass is 16.2. The van der Waals surface area contributed by atoms with Crippen molar-refractivity contribution in [3.63, 3.8) is 0 Å². The molecular formula is C25H34N6O. The van der Waals surface area contributed by atoms with Crippen LogP contribution in [0, 0.1) is 0 Å². The van der Waals surface area contributed by atoms with E-state index in [9.17, 15) is 4.79 Å². The second-order valence-electron chi connectivity index (χ2n) is 8.44. The van der Waals surface area contributed by atoms with E-state index < -0.39 is 0 Å². The van der Waals surface area contributed by atoms with Gasteiger partial charge in [0.05, 0.1) is 18.8 Å². The SMILES string of the molecule is CCNC(=NCc1cccc(-c2ccccn2)c1)N1CCN(CC(=O)N2CCCC2)CC1. The summed E-state index contributed by atoms with van der Waals surface area (Å²) in [7, 11) is 0. The number of rotatable bonds is 6. The Bertz CT molecular complexity index is 902. The number of likely N-dealkylation sites (tertiary alicyclic amines) is 1. The number of amides is 1. The smallest absolute Gasteiger partial charge is 0.236 e. The number of piperazine rings is 1. The van der Waals surface area contributed by atoms with Crippen molar-refractivity contribution < 1.29 is 4.79 Å². The molecule has 2 aliphatic heterocycles. The lowest BCUT2D eigenvalue weighted by molar-refractivity contribution is -0.131. The molecule has 2 saturated heterocycles. The Kier molecular flexibility index (Phi) is 7.72. The van der Waals surface area contributed by atoms with Gasteiger partial charge >= 0.3 is 0 Å². The molecule has 0 saturated carbocycles. The van der Waals surface area contributed by atoms with Gasteiger partial charge in [0.25, 0.3) is 0 Å². The van der Waals surface area contributed by atoms with Crippen molar-refractivity contribution in [1.29, 1.82) is 0 Å². The van der Waals surface area contributed by atoms with Crippen molar-refractivity contribution in [3.05, 3.63) is 54.2 Å². The van der Waals surface area contributed by atoms with Gasteiger partial charge in [-0.15, -0.1) is 0 Å². The van der Waals surface area contributed by atoms with Crippen LogP contribution in [0.5, 0.6) is 0 Å². The Morgan fingerprint density at radius 1 is 1.00 bits per heavy atom. The lowest BCUT2D eigenvalue weighted by atomic mass is 10.1. The first kappa shape index (κ1) is 22.3. The molecule has 0 radical (unpaired) electrons. The van der Waals surface area contributed by atoms with E-state index >= 15 is 0 Å². The molecule has 0 aliphatic carbocycles. The molecule has 7 nitrogen and oxygen atoms in total. The number of hydrogen-bond donors (Lipinski definition) is 1. The van der Waals surface area contributed by atoms with Gasteiger partial charge in [-0.1, -0.05) is 24.3 Å². The first-order valence-corrected chi connectivity index (χ1v) is 11.8. The number of carbonyl (C=O) groups excluding carboxylic acids is 1. The summed E-state index contributed by atoms with van der Waals surface area (Å²) in [5, 5.41) is 3.44. The first-order chi connectivity index (χ1) is 15.7. The minimum absolute atomic E-state index is 0.282. The third kappa shape index (κ3) is 5.85. The van der Waals surface area contributed by atoms with Gasteiger partial charge in [0.2, 0.25) is 5.91 Å². The van der Waals surface area contributed by atoms with Crippen LogP contribution in [-0.4, -0.2) is 83.9 Å². The molecule has 1 amide bonds. The molecule has 1 N–H and O–H groups in total. The largest absolute Gasteiger partial charge is 0.357 e. The van der Waals surface area contributed by atoms with Gasteiger partial charge in [0, 0.05) is 57.6 Å². The van der Waals surface area contributed by atoms with Crippen LogP contribution in [0.1, 0.15) is 25.3 Å². The summed E-state index contributed by atoms with van der Waals surface area (Å²) >= 11 is 0. The molecule has 0 spiro atoms. The zero-order valence-electron chi connectivity index (χ0n) is 19.0. The van der Waals surface area contributed by atoms with Gasteiger partial charge < -0.3 is 15.1 Å². The molecule has 0 unspecified atom stereocenters. The average molecular weight is 435 g/mol. The van der Waals surface area contributed by atoms with E-state index in [1.165, 1.54) is 5.56 Å². The molecule has 1 aromatic carbocycles. The zero-order chi connectivity index (χ0) is 22.2. The monoisotopic (exact) mass is 434 g/mol. The van der Waals surface area contributed by atoms with Gasteiger partial charge in [-0.2, -0.15) is 0 Å². The number of guanidine groups is 1. The molecule has 2 fully saturated rings. The van der Waals surface area contributed by atoms with Crippen LogP contribution in [0.25, 0.3) is 11.3 Å². The van der Waals surface area contributed by atoms with Gasteiger partial charge in [-0.05, 0) is 43.5 Å². The Morgan fingerprint density at radius 2 is 1.81 bits per heavy atom. The topological polar surface area (TPSA) is 64.1 Å². The molecule has 2 aliphatic rings. The molecule has 7 heteroatoms.